The zero-order valence-corrected chi connectivity index (χ0v) is 18.4. The quantitative estimate of drug-likeness (QED) is 0.469. The Morgan fingerprint density at radius 1 is 1.16 bits per heavy atom. The number of nitrogens with one attached hydrogen (secondary N) is 2. The van der Waals surface area contributed by atoms with Crippen molar-refractivity contribution >= 4 is 29.0 Å². The van der Waals surface area contributed by atoms with Crippen molar-refractivity contribution in [2.75, 3.05) is 0 Å². The number of amides is 1. The van der Waals surface area contributed by atoms with Gasteiger partial charge in [0, 0.05) is 29.9 Å². The number of hydrogen-bond acceptors (Lipinski definition) is 4. The fourth-order valence-corrected chi connectivity index (χ4v) is 4.03. The van der Waals surface area contributed by atoms with Crippen LogP contribution < -0.4 is 10.9 Å². The Hall–Kier alpha value is -3.52. The van der Waals surface area contributed by atoms with Crippen LogP contribution in [0.15, 0.2) is 53.3 Å². The van der Waals surface area contributed by atoms with Gasteiger partial charge in [0.05, 0.1) is 22.3 Å². The Kier molecular flexibility index (Phi) is 5.56. The van der Waals surface area contributed by atoms with Crippen LogP contribution in [-0.4, -0.2) is 25.2 Å². The molecule has 7 nitrogen and oxygen atoms in total. The molecule has 0 aliphatic heterocycles. The first-order chi connectivity index (χ1) is 14.9. The number of carbonyl (C=O) groups is 1. The normalized spacial score (nSPS) is 11.1. The van der Waals surface area contributed by atoms with Crippen molar-refractivity contribution < 1.29 is 4.79 Å². The first kappa shape index (κ1) is 20.7. The summed E-state index contributed by atoms with van der Waals surface area (Å²) < 4.78 is 3.72. The van der Waals surface area contributed by atoms with E-state index in [1.165, 1.54) is 4.57 Å². The molecular formula is C23H23N5O2S. The summed E-state index contributed by atoms with van der Waals surface area (Å²) >= 11 is 5.26. The highest BCUT2D eigenvalue weighted by Gasteiger charge is 2.15. The Morgan fingerprint density at radius 3 is 2.61 bits per heavy atom. The van der Waals surface area contributed by atoms with Gasteiger partial charge in [-0.2, -0.15) is 5.10 Å². The number of hydrogen-bond donors (Lipinski definition) is 2. The van der Waals surface area contributed by atoms with Crippen molar-refractivity contribution in [3.05, 3.63) is 86.2 Å². The van der Waals surface area contributed by atoms with E-state index in [2.05, 4.69) is 15.4 Å². The third-order valence-corrected chi connectivity index (χ3v) is 5.75. The third kappa shape index (κ3) is 3.82. The molecule has 0 unspecified atom stereocenters. The molecule has 0 aliphatic rings. The number of rotatable bonds is 5. The monoisotopic (exact) mass is 433 g/mol. The third-order valence-electron chi connectivity index (χ3n) is 5.43. The fourth-order valence-electron chi connectivity index (χ4n) is 3.71. The summed E-state index contributed by atoms with van der Waals surface area (Å²) in [5, 5.41) is 8.08. The number of H-pyrrole nitrogens is 1. The second-order valence-electron chi connectivity index (χ2n) is 7.32. The molecule has 0 bridgehead atoms. The summed E-state index contributed by atoms with van der Waals surface area (Å²) in [5.74, 6) is -0.229. The molecule has 2 aromatic heterocycles. The molecule has 0 radical (unpaired) electrons. The maximum Gasteiger partial charge on any atom is 0.262 e. The molecule has 0 saturated carbocycles. The predicted molar refractivity (Wildman–Crippen MR) is 123 cm³/mol. The Morgan fingerprint density at radius 2 is 1.90 bits per heavy atom. The highest BCUT2D eigenvalue weighted by molar-refractivity contribution is 7.71. The van der Waals surface area contributed by atoms with Crippen LogP contribution in [0.3, 0.4) is 0 Å². The van der Waals surface area contributed by atoms with Gasteiger partial charge in [-0.1, -0.05) is 18.2 Å². The van der Waals surface area contributed by atoms with Gasteiger partial charge >= 0.3 is 0 Å². The summed E-state index contributed by atoms with van der Waals surface area (Å²) in [7, 11) is 0. The van der Waals surface area contributed by atoms with Crippen molar-refractivity contribution in [2.45, 2.75) is 33.9 Å². The van der Waals surface area contributed by atoms with E-state index >= 15 is 0 Å². The Labute approximate surface area is 184 Å². The van der Waals surface area contributed by atoms with Crippen LogP contribution >= 0.6 is 12.2 Å². The summed E-state index contributed by atoms with van der Waals surface area (Å²) in [6.45, 7) is 6.63. The standard InChI is InChI=1S/C23H23N5O2S/c1-4-27-22(30)18-11-10-16(12-20(18)25-23(27)31)21(29)24-13-19-14(2)26-28(15(19)3)17-8-6-5-7-9-17/h5-12H,4,13H2,1-3H3,(H,24,29)(H,25,31). The van der Waals surface area contributed by atoms with Gasteiger partial charge < -0.3 is 10.3 Å². The number of benzene rings is 2. The van der Waals surface area contributed by atoms with Crippen molar-refractivity contribution in [1.29, 1.82) is 0 Å². The molecule has 0 aliphatic carbocycles. The van der Waals surface area contributed by atoms with E-state index in [4.69, 9.17) is 12.2 Å². The molecule has 31 heavy (non-hydrogen) atoms. The molecule has 2 heterocycles. The molecule has 0 saturated heterocycles. The van der Waals surface area contributed by atoms with Crippen LogP contribution in [0.1, 0.15) is 34.2 Å². The van der Waals surface area contributed by atoms with Crippen LogP contribution in [-0.2, 0) is 13.1 Å². The molecule has 0 atom stereocenters. The van der Waals surface area contributed by atoms with Gasteiger partial charge in [0.15, 0.2) is 4.77 Å². The molecule has 1 amide bonds. The first-order valence-electron chi connectivity index (χ1n) is 10.1. The van der Waals surface area contributed by atoms with Crippen molar-refractivity contribution in [3.8, 4) is 5.69 Å². The van der Waals surface area contributed by atoms with E-state index < -0.39 is 0 Å². The molecule has 2 aromatic carbocycles. The average molecular weight is 434 g/mol. The predicted octanol–water partition coefficient (Wildman–Crippen LogP) is 3.81. The molecule has 0 spiro atoms. The minimum absolute atomic E-state index is 0.159. The maximum absolute atomic E-state index is 12.8. The fraction of sp³-hybridized carbons (Fsp3) is 0.217. The van der Waals surface area contributed by atoms with Gasteiger partial charge in [-0.05, 0) is 63.3 Å². The molecule has 4 aromatic rings. The number of carbonyl (C=O) groups excluding carboxylic acids is 1. The van der Waals surface area contributed by atoms with E-state index in [0.29, 0.717) is 34.3 Å². The van der Waals surface area contributed by atoms with Gasteiger partial charge in [-0.15, -0.1) is 0 Å². The van der Waals surface area contributed by atoms with E-state index in [0.717, 1.165) is 22.6 Å². The summed E-state index contributed by atoms with van der Waals surface area (Å²) in [6, 6.07) is 14.9. The molecule has 2 N–H and O–H groups in total. The minimum atomic E-state index is -0.229. The molecule has 4 rings (SSSR count). The summed E-state index contributed by atoms with van der Waals surface area (Å²) in [6.07, 6.45) is 0. The highest BCUT2D eigenvalue weighted by atomic mass is 32.1. The average Bonchev–Trinajstić information content (AvgIpc) is 3.06. The van der Waals surface area contributed by atoms with Gasteiger partial charge in [-0.3, -0.25) is 14.2 Å². The number of aromatic amines is 1. The lowest BCUT2D eigenvalue weighted by Crippen LogP contribution is -2.24. The van der Waals surface area contributed by atoms with Crippen molar-refractivity contribution in [1.82, 2.24) is 24.6 Å². The number of aromatic nitrogens is 4. The second-order valence-corrected chi connectivity index (χ2v) is 7.71. The SMILES string of the molecule is CCn1c(=S)[nH]c2cc(C(=O)NCc3c(C)nn(-c4ccccc4)c3C)ccc2c1=O. The minimum Gasteiger partial charge on any atom is -0.348 e. The maximum atomic E-state index is 12.8. The lowest BCUT2D eigenvalue weighted by Gasteiger charge is -2.09. The number of nitrogens with zero attached hydrogens (tertiary/aromatic N) is 3. The van der Waals surface area contributed by atoms with Gasteiger partial charge in [0.1, 0.15) is 0 Å². The lowest BCUT2D eigenvalue weighted by atomic mass is 10.1. The van der Waals surface area contributed by atoms with Crippen LogP contribution in [0.2, 0.25) is 0 Å². The largest absolute Gasteiger partial charge is 0.348 e. The van der Waals surface area contributed by atoms with Crippen LogP contribution in [0.5, 0.6) is 0 Å². The van der Waals surface area contributed by atoms with E-state index in [9.17, 15) is 9.59 Å². The molecule has 0 fully saturated rings. The number of aryl methyl sites for hydroxylation is 1. The molecule has 8 heteroatoms. The topological polar surface area (TPSA) is 84.7 Å². The van der Waals surface area contributed by atoms with Crippen molar-refractivity contribution in [2.24, 2.45) is 0 Å². The van der Waals surface area contributed by atoms with Gasteiger partial charge in [0.2, 0.25) is 0 Å². The smallest absolute Gasteiger partial charge is 0.262 e. The van der Waals surface area contributed by atoms with Crippen LogP contribution in [0.4, 0.5) is 0 Å². The van der Waals surface area contributed by atoms with Crippen LogP contribution in [0.25, 0.3) is 16.6 Å². The Bertz CT molecular complexity index is 1400. The van der Waals surface area contributed by atoms with Gasteiger partial charge in [0.25, 0.3) is 11.5 Å². The Balaban J connectivity index is 1.58. The van der Waals surface area contributed by atoms with Crippen LogP contribution in [0, 0.1) is 18.6 Å². The van der Waals surface area contributed by atoms with Gasteiger partial charge in [-0.25, -0.2) is 4.68 Å². The number of para-hydroxylation sites is 1. The second kappa shape index (κ2) is 8.31. The number of fused-ring (bicyclic) bond motifs is 1. The van der Waals surface area contributed by atoms with Crippen molar-refractivity contribution in [3.63, 3.8) is 0 Å². The first-order valence-corrected chi connectivity index (χ1v) is 10.5. The molecule has 158 valence electrons. The van der Waals surface area contributed by atoms with E-state index in [-0.39, 0.29) is 11.5 Å². The zero-order chi connectivity index (χ0) is 22.1. The lowest BCUT2D eigenvalue weighted by molar-refractivity contribution is 0.0951. The zero-order valence-electron chi connectivity index (χ0n) is 17.6. The summed E-state index contributed by atoms with van der Waals surface area (Å²) in [4.78, 5) is 28.4. The molecular weight excluding hydrogens is 410 g/mol. The van der Waals surface area contributed by atoms with E-state index in [1.807, 2.05) is 55.8 Å². The summed E-state index contributed by atoms with van der Waals surface area (Å²) in [5.41, 5.74) is 4.64. The highest BCUT2D eigenvalue weighted by Crippen LogP contribution is 2.18. The van der Waals surface area contributed by atoms with E-state index in [1.54, 1.807) is 18.2 Å².